The van der Waals surface area contributed by atoms with Gasteiger partial charge >= 0.3 is 0 Å². The van der Waals surface area contributed by atoms with Crippen LogP contribution in [0.1, 0.15) is 26.2 Å². The van der Waals surface area contributed by atoms with Crippen LogP contribution in [-0.2, 0) is 6.54 Å². The van der Waals surface area contributed by atoms with Gasteiger partial charge in [0, 0.05) is 25.7 Å². The molecular weight excluding hydrogens is 228 g/mol. The number of nitrogens with two attached hydrogens (primary N) is 1. The molecule has 0 saturated carbocycles. The fourth-order valence-electron chi connectivity index (χ4n) is 2.43. The fourth-order valence-corrected chi connectivity index (χ4v) is 2.43. The lowest BCUT2D eigenvalue weighted by Gasteiger charge is -2.32. The molecule has 18 heavy (non-hydrogen) atoms. The standard InChI is InChI=1S/C13H22N4O/c1-11-4-2-6-16(10-11)12-8-13(18)17(15-9-12)7-3-5-14/h8-9,11H,2-7,10,14H2,1H3. The maximum atomic E-state index is 11.9. The predicted octanol–water partition coefficient (Wildman–Crippen LogP) is 0.828. The molecule has 1 saturated heterocycles. The van der Waals surface area contributed by atoms with E-state index in [-0.39, 0.29) is 5.56 Å². The molecule has 0 aliphatic carbocycles. The van der Waals surface area contributed by atoms with E-state index >= 15 is 0 Å². The summed E-state index contributed by atoms with van der Waals surface area (Å²) in [7, 11) is 0. The third-order valence-electron chi connectivity index (χ3n) is 3.45. The van der Waals surface area contributed by atoms with Crippen molar-refractivity contribution < 1.29 is 0 Å². The first kappa shape index (κ1) is 13.1. The summed E-state index contributed by atoms with van der Waals surface area (Å²) in [6.45, 7) is 5.49. The molecular formula is C13H22N4O. The van der Waals surface area contributed by atoms with Crippen molar-refractivity contribution in [1.29, 1.82) is 0 Å². The molecule has 1 aliphatic rings. The van der Waals surface area contributed by atoms with Gasteiger partial charge in [0.2, 0.25) is 0 Å². The number of nitrogens with zero attached hydrogens (tertiary/aromatic N) is 3. The fraction of sp³-hybridized carbons (Fsp3) is 0.692. The van der Waals surface area contributed by atoms with Crippen molar-refractivity contribution in [3.8, 4) is 0 Å². The van der Waals surface area contributed by atoms with Crippen molar-refractivity contribution in [2.24, 2.45) is 11.7 Å². The molecule has 5 heteroatoms. The van der Waals surface area contributed by atoms with Gasteiger partial charge in [0.25, 0.3) is 5.56 Å². The highest BCUT2D eigenvalue weighted by molar-refractivity contribution is 5.43. The smallest absolute Gasteiger partial charge is 0.268 e. The average molecular weight is 250 g/mol. The maximum Gasteiger partial charge on any atom is 0.268 e. The quantitative estimate of drug-likeness (QED) is 0.859. The van der Waals surface area contributed by atoms with Crippen LogP contribution in [0.2, 0.25) is 0 Å². The Kier molecular flexibility index (Phi) is 4.36. The SMILES string of the molecule is CC1CCCN(c2cnn(CCCN)c(=O)c2)C1. The topological polar surface area (TPSA) is 64.2 Å². The van der Waals surface area contributed by atoms with Crippen molar-refractivity contribution in [1.82, 2.24) is 9.78 Å². The number of piperidine rings is 1. The van der Waals surface area contributed by atoms with Crippen molar-refractivity contribution in [3.05, 3.63) is 22.6 Å². The number of aromatic nitrogens is 2. The zero-order valence-electron chi connectivity index (χ0n) is 11.0. The Bertz CT molecular complexity index is 443. The van der Waals surface area contributed by atoms with Crippen molar-refractivity contribution in [3.63, 3.8) is 0 Å². The Hall–Kier alpha value is -1.36. The summed E-state index contributed by atoms with van der Waals surface area (Å²) in [5, 5.41) is 4.22. The Morgan fingerprint density at radius 1 is 1.56 bits per heavy atom. The molecule has 0 spiro atoms. The molecule has 1 aliphatic heterocycles. The van der Waals surface area contributed by atoms with Gasteiger partial charge < -0.3 is 10.6 Å². The summed E-state index contributed by atoms with van der Waals surface area (Å²) in [4.78, 5) is 14.2. The first-order chi connectivity index (χ1) is 8.70. The van der Waals surface area contributed by atoms with Crippen molar-refractivity contribution in [2.45, 2.75) is 32.7 Å². The highest BCUT2D eigenvalue weighted by Gasteiger charge is 2.17. The third-order valence-corrected chi connectivity index (χ3v) is 3.45. The molecule has 1 aromatic heterocycles. The molecule has 1 unspecified atom stereocenters. The highest BCUT2D eigenvalue weighted by Crippen LogP contribution is 2.20. The maximum absolute atomic E-state index is 11.9. The summed E-state index contributed by atoms with van der Waals surface area (Å²) in [6, 6.07) is 1.70. The lowest BCUT2D eigenvalue weighted by Crippen LogP contribution is -2.35. The molecule has 0 aromatic carbocycles. The van der Waals surface area contributed by atoms with Crippen LogP contribution in [0.3, 0.4) is 0 Å². The minimum absolute atomic E-state index is 0.0285. The molecule has 5 nitrogen and oxygen atoms in total. The van der Waals surface area contributed by atoms with Crippen molar-refractivity contribution in [2.75, 3.05) is 24.5 Å². The van der Waals surface area contributed by atoms with E-state index in [4.69, 9.17) is 5.73 Å². The predicted molar refractivity (Wildman–Crippen MR) is 72.8 cm³/mol. The monoisotopic (exact) mass is 250 g/mol. The number of hydrogen-bond donors (Lipinski definition) is 1. The molecule has 1 aromatic rings. The van der Waals surface area contributed by atoms with Crippen LogP contribution in [-0.4, -0.2) is 29.4 Å². The van der Waals surface area contributed by atoms with Gasteiger partial charge in [-0.2, -0.15) is 5.10 Å². The van der Waals surface area contributed by atoms with Crippen LogP contribution >= 0.6 is 0 Å². The summed E-state index contributed by atoms with van der Waals surface area (Å²) in [5.74, 6) is 0.693. The number of aryl methyl sites for hydroxylation is 1. The number of rotatable bonds is 4. The van der Waals surface area contributed by atoms with Gasteiger partial charge in [0.1, 0.15) is 0 Å². The van der Waals surface area contributed by atoms with E-state index in [1.165, 1.54) is 17.5 Å². The minimum atomic E-state index is -0.0285. The zero-order chi connectivity index (χ0) is 13.0. The largest absolute Gasteiger partial charge is 0.370 e. The Balaban J connectivity index is 2.10. The van der Waals surface area contributed by atoms with Crippen LogP contribution in [0.25, 0.3) is 0 Å². The molecule has 1 fully saturated rings. The number of anilines is 1. The number of hydrogen-bond acceptors (Lipinski definition) is 4. The molecule has 100 valence electrons. The molecule has 1 atom stereocenters. The van der Waals surface area contributed by atoms with E-state index < -0.39 is 0 Å². The van der Waals surface area contributed by atoms with Crippen LogP contribution in [0, 0.1) is 5.92 Å². The van der Waals surface area contributed by atoms with Crippen molar-refractivity contribution >= 4 is 5.69 Å². The van der Waals surface area contributed by atoms with E-state index in [1.807, 2.05) is 0 Å². The molecule has 2 N–H and O–H groups in total. The molecule has 0 bridgehead atoms. The van der Waals surface area contributed by atoms with Crippen LogP contribution in [0.5, 0.6) is 0 Å². The second-order valence-electron chi connectivity index (χ2n) is 5.11. The summed E-state index contributed by atoms with van der Waals surface area (Å²) in [6.07, 6.45) is 5.05. The van der Waals surface area contributed by atoms with Crippen LogP contribution in [0.4, 0.5) is 5.69 Å². The van der Waals surface area contributed by atoms with Gasteiger partial charge in [0.15, 0.2) is 0 Å². The van der Waals surface area contributed by atoms with E-state index in [0.717, 1.165) is 25.2 Å². The first-order valence-corrected chi connectivity index (χ1v) is 6.73. The highest BCUT2D eigenvalue weighted by atomic mass is 16.1. The minimum Gasteiger partial charge on any atom is -0.370 e. The van der Waals surface area contributed by atoms with E-state index in [9.17, 15) is 4.79 Å². The summed E-state index contributed by atoms with van der Waals surface area (Å²) < 4.78 is 1.49. The first-order valence-electron chi connectivity index (χ1n) is 6.73. The third kappa shape index (κ3) is 3.10. The van der Waals surface area contributed by atoms with Crippen LogP contribution in [0.15, 0.2) is 17.1 Å². The van der Waals surface area contributed by atoms with Gasteiger partial charge in [-0.1, -0.05) is 6.92 Å². The van der Waals surface area contributed by atoms with Gasteiger partial charge in [-0.05, 0) is 31.7 Å². The van der Waals surface area contributed by atoms with Gasteiger partial charge in [-0.25, -0.2) is 4.68 Å². The summed E-state index contributed by atoms with van der Waals surface area (Å²) >= 11 is 0. The summed E-state index contributed by atoms with van der Waals surface area (Å²) in [5.41, 5.74) is 6.36. The van der Waals surface area contributed by atoms with Gasteiger partial charge in [0.05, 0.1) is 11.9 Å². The molecule has 0 radical (unpaired) electrons. The van der Waals surface area contributed by atoms with E-state index in [0.29, 0.717) is 19.0 Å². The molecule has 0 amide bonds. The Morgan fingerprint density at radius 2 is 2.39 bits per heavy atom. The Labute approximate surface area is 108 Å². The second kappa shape index (κ2) is 6.00. The lowest BCUT2D eigenvalue weighted by molar-refractivity contribution is 0.445. The lowest BCUT2D eigenvalue weighted by atomic mass is 10.00. The average Bonchev–Trinajstić information content (AvgIpc) is 2.37. The van der Waals surface area contributed by atoms with Gasteiger partial charge in [-0.15, -0.1) is 0 Å². The van der Waals surface area contributed by atoms with E-state index in [1.54, 1.807) is 12.3 Å². The Morgan fingerprint density at radius 3 is 3.06 bits per heavy atom. The normalized spacial score (nSPS) is 20.1. The van der Waals surface area contributed by atoms with Crippen LogP contribution < -0.4 is 16.2 Å². The van der Waals surface area contributed by atoms with Gasteiger partial charge in [-0.3, -0.25) is 4.79 Å². The second-order valence-corrected chi connectivity index (χ2v) is 5.11. The van der Waals surface area contributed by atoms with E-state index in [2.05, 4.69) is 16.9 Å². The molecule has 2 heterocycles. The zero-order valence-corrected chi connectivity index (χ0v) is 11.0. The molecule has 2 rings (SSSR count).